The molecule has 0 spiro atoms. The number of amides is 2. The minimum Gasteiger partial charge on any atom is -0.497 e. The van der Waals surface area contributed by atoms with Gasteiger partial charge in [0.05, 0.1) is 22.7 Å². The number of ether oxygens (including phenoxy) is 2. The van der Waals surface area contributed by atoms with Gasteiger partial charge in [-0.25, -0.2) is 9.38 Å². The molecule has 3 aromatic rings. The van der Waals surface area contributed by atoms with Crippen LogP contribution in [0.15, 0.2) is 76.6 Å². The number of hydrogen-bond acceptors (Lipinski definition) is 6. The van der Waals surface area contributed by atoms with E-state index < -0.39 is 11.7 Å². The zero-order chi connectivity index (χ0) is 26.4. The van der Waals surface area contributed by atoms with Crippen molar-refractivity contribution >= 4 is 57.8 Å². The fourth-order valence-electron chi connectivity index (χ4n) is 3.39. The lowest BCUT2D eigenvalue weighted by atomic mass is 10.2. The Hall–Kier alpha value is -3.82. The van der Waals surface area contributed by atoms with Crippen LogP contribution in [0.5, 0.6) is 11.5 Å². The van der Waals surface area contributed by atoms with Gasteiger partial charge in [-0.2, -0.15) is 0 Å². The number of anilines is 1. The van der Waals surface area contributed by atoms with E-state index in [1.807, 2.05) is 31.2 Å². The molecule has 1 heterocycles. The Kier molecular flexibility index (Phi) is 8.47. The van der Waals surface area contributed by atoms with Crippen molar-refractivity contribution < 1.29 is 23.5 Å². The number of nitrogens with zero attached hydrogens (tertiary/aromatic N) is 2. The van der Waals surface area contributed by atoms with E-state index in [9.17, 15) is 14.0 Å². The maximum Gasteiger partial charge on any atom is 0.266 e. The topological polar surface area (TPSA) is 80.2 Å². The molecule has 0 radical (unpaired) electrons. The molecular weight excluding hydrogens is 517 g/mol. The number of hydrogen-bond donors (Lipinski definition) is 1. The van der Waals surface area contributed by atoms with Crippen LogP contribution in [0, 0.1) is 5.82 Å². The fourth-order valence-corrected chi connectivity index (χ4v) is 4.69. The monoisotopic (exact) mass is 539 g/mol. The quantitative estimate of drug-likeness (QED) is 0.348. The first-order valence-corrected chi connectivity index (χ1v) is 12.5. The van der Waals surface area contributed by atoms with Gasteiger partial charge < -0.3 is 14.8 Å². The van der Waals surface area contributed by atoms with E-state index in [4.69, 9.17) is 21.1 Å². The van der Waals surface area contributed by atoms with Crippen LogP contribution < -0.4 is 14.8 Å². The molecule has 190 valence electrons. The highest BCUT2D eigenvalue weighted by Crippen LogP contribution is 2.35. The number of aliphatic imine (C=N–C) groups is 1. The Labute approximate surface area is 222 Å². The molecule has 0 atom stereocenters. The van der Waals surface area contributed by atoms with E-state index in [1.165, 1.54) is 36.0 Å². The lowest BCUT2D eigenvalue weighted by Crippen LogP contribution is -2.28. The normalized spacial score (nSPS) is 15.4. The van der Waals surface area contributed by atoms with Crippen molar-refractivity contribution in [2.75, 3.05) is 25.6 Å². The van der Waals surface area contributed by atoms with Crippen LogP contribution in [0.1, 0.15) is 12.5 Å². The number of thioether (sulfide) groups is 1. The maximum absolute atomic E-state index is 13.0. The molecule has 0 aromatic heterocycles. The van der Waals surface area contributed by atoms with Gasteiger partial charge >= 0.3 is 0 Å². The molecule has 4 rings (SSSR count). The molecule has 2 amide bonds. The number of nitrogens with one attached hydrogen (secondary N) is 1. The summed E-state index contributed by atoms with van der Waals surface area (Å²) in [4.78, 5) is 31.8. The van der Waals surface area contributed by atoms with Crippen LogP contribution in [0.25, 0.3) is 6.08 Å². The molecule has 37 heavy (non-hydrogen) atoms. The molecule has 10 heteroatoms. The summed E-state index contributed by atoms with van der Waals surface area (Å²) in [6.45, 7) is 2.09. The number of likely N-dealkylation sites (N-methyl/N-ethyl adjacent to an activating group) is 1. The predicted molar refractivity (Wildman–Crippen MR) is 145 cm³/mol. The molecule has 7 nitrogen and oxygen atoms in total. The van der Waals surface area contributed by atoms with E-state index in [1.54, 1.807) is 36.3 Å². The van der Waals surface area contributed by atoms with E-state index in [-0.39, 0.29) is 12.5 Å². The van der Waals surface area contributed by atoms with Gasteiger partial charge in [-0.05, 0) is 91.0 Å². The highest BCUT2D eigenvalue weighted by Gasteiger charge is 2.32. The first-order valence-electron chi connectivity index (χ1n) is 11.3. The van der Waals surface area contributed by atoms with Crippen molar-refractivity contribution in [3.05, 3.63) is 88.0 Å². The lowest BCUT2D eigenvalue weighted by molar-refractivity contribution is -0.122. The Bertz CT molecular complexity index is 1360. The fraction of sp³-hybridized carbons (Fsp3) is 0.148. The third-order valence-corrected chi connectivity index (χ3v) is 6.54. The molecule has 0 bridgehead atoms. The predicted octanol–water partition coefficient (Wildman–Crippen LogP) is 6.13. The minimum absolute atomic E-state index is 0.145. The Balaban J connectivity index is 1.43. The summed E-state index contributed by atoms with van der Waals surface area (Å²) < 4.78 is 23.7. The van der Waals surface area contributed by atoms with Crippen molar-refractivity contribution in [3.63, 3.8) is 0 Å². The van der Waals surface area contributed by atoms with Gasteiger partial charge in [-0.1, -0.05) is 17.7 Å². The Morgan fingerprint density at radius 2 is 1.86 bits per heavy atom. The summed E-state index contributed by atoms with van der Waals surface area (Å²) in [5.74, 6) is 0.0982. The van der Waals surface area contributed by atoms with Crippen LogP contribution in [0.2, 0.25) is 5.02 Å². The Morgan fingerprint density at radius 3 is 2.51 bits per heavy atom. The third kappa shape index (κ3) is 6.69. The van der Waals surface area contributed by atoms with Gasteiger partial charge in [0.1, 0.15) is 17.3 Å². The van der Waals surface area contributed by atoms with Gasteiger partial charge in [0.15, 0.2) is 11.8 Å². The number of carbonyl (C=O) groups is 2. The average Bonchev–Trinajstić information content (AvgIpc) is 3.18. The summed E-state index contributed by atoms with van der Waals surface area (Å²) >= 11 is 7.65. The van der Waals surface area contributed by atoms with Crippen LogP contribution in [0.4, 0.5) is 15.8 Å². The number of carbonyl (C=O) groups excluding carboxylic acids is 2. The number of methoxy groups -OCH3 is 1. The minimum atomic E-state index is -0.412. The van der Waals surface area contributed by atoms with Gasteiger partial charge in [-0.15, -0.1) is 0 Å². The first-order chi connectivity index (χ1) is 17.9. The molecule has 1 fully saturated rings. The molecule has 1 aliphatic heterocycles. The van der Waals surface area contributed by atoms with E-state index in [0.29, 0.717) is 44.3 Å². The van der Waals surface area contributed by atoms with E-state index in [0.717, 1.165) is 5.75 Å². The smallest absolute Gasteiger partial charge is 0.266 e. The number of rotatable bonds is 8. The second-order valence-corrected chi connectivity index (χ2v) is 9.20. The van der Waals surface area contributed by atoms with Gasteiger partial charge in [0, 0.05) is 12.2 Å². The number of halogens is 2. The summed E-state index contributed by atoms with van der Waals surface area (Å²) in [5, 5.41) is 3.49. The summed E-state index contributed by atoms with van der Waals surface area (Å²) in [7, 11) is 1.60. The third-order valence-electron chi connectivity index (χ3n) is 5.24. The number of benzene rings is 3. The van der Waals surface area contributed by atoms with Crippen LogP contribution in [-0.4, -0.2) is 42.1 Å². The van der Waals surface area contributed by atoms with E-state index in [2.05, 4.69) is 10.3 Å². The molecule has 3 aromatic carbocycles. The van der Waals surface area contributed by atoms with Gasteiger partial charge in [-0.3, -0.25) is 14.5 Å². The van der Waals surface area contributed by atoms with Crippen LogP contribution in [0.3, 0.4) is 0 Å². The summed E-state index contributed by atoms with van der Waals surface area (Å²) in [6.07, 6.45) is 1.74. The van der Waals surface area contributed by atoms with Crippen molar-refractivity contribution in [1.29, 1.82) is 0 Å². The molecule has 1 saturated heterocycles. The Morgan fingerprint density at radius 1 is 1.14 bits per heavy atom. The SMILES string of the molecule is CCN1C(=O)/C(=C\c2ccc(OCC(=O)Nc3ccc(F)cc3)c(Cl)c2)SC1=Nc1ccc(OC)cc1. The molecular formula is C27H23ClFN3O4S. The second kappa shape index (κ2) is 11.9. The maximum atomic E-state index is 13.0. The van der Waals surface area contributed by atoms with Crippen molar-refractivity contribution in [1.82, 2.24) is 4.90 Å². The highest BCUT2D eigenvalue weighted by atomic mass is 35.5. The van der Waals surface area contributed by atoms with E-state index >= 15 is 0 Å². The average molecular weight is 540 g/mol. The second-order valence-electron chi connectivity index (χ2n) is 7.79. The number of amidine groups is 1. The largest absolute Gasteiger partial charge is 0.497 e. The van der Waals surface area contributed by atoms with Crippen molar-refractivity contribution in [2.45, 2.75) is 6.92 Å². The standard InChI is InChI=1S/C27H23ClFN3O4S/c1-3-32-26(34)24(37-27(32)31-20-9-11-21(35-2)12-10-20)15-17-4-13-23(22(28)14-17)36-16-25(33)30-19-7-5-18(29)6-8-19/h4-15H,3,16H2,1-2H3,(H,30,33)/b24-15+,31-27?. The van der Waals surface area contributed by atoms with Crippen molar-refractivity contribution in [2.24, 2.45) is 4.99 Å². The molecule has 0 saturated carbocycles. The molecule has 1 aliphatic rings. The molecule has 0 unspecified atom stereocenters. The van der Waals surface area contributed by atoms with Crippen LogP contribution >= 0.6 is 23.4 Å². The van der Waals surface area contributed by atoms with Gasteiger partial charge in [0.25, 0.3) is 11.8 Å². The zero-order valence-electron chi connectivity index (χ0n) is 20.0. The van der Waals surface area contributed by atoms with Gasteiger partial charge in [0.2, 0.25) is 0 Å². The molecule has 1 N–H and O–H groups in total. The molecule has 0 aliphatic carbocycles. The zero-order valence-corrected chi connectivity index (χ0v) is 21.6. The lowest BCUT2D eigenvalue weighted by Gasteiger charge is -2.12. The first kappa shape index (κ1) is 26.2. The summed E-state index contributed by atoms with van der Waals surface area (Å²) in [6, 6.07) is 17.7. The van der Waals surface area contributed by atoms with Crippen LogP contribution in [-0.2, 0) is 9.59 Å². The highest BCUT2D eigenvalue weighted by molar-refractivity contribution is 8.18. The summed E-state index contributed by atoms with van der Waals surface area (Å²) in [5.41, 5.74) is 1.87. The van der Waals surface area contributed by atoms with Crippen molar-refractivity contribution in [3.8, 4) is 11.5 Å².